The molecule has 0 aliphatic heterocycles. The smallest absolute Gasteiger partial charge is 0.207 e. The van der Waals surface area contributed by atoms with Gasteiger partial charge in [-0.1, -0.05) is 18.2 Å². The fraction of sp³-hybridized carbons (Fsp3) is 0.333. The van der Waals surface area contributed by atoms with E-state index in [2.05, 4.69) is 0 Å². The first-order chi connectivity index (χ1) is 9.87. The fourth-order valence-corrected chi connectivity index (χ4v) is 4.75. The molecule has 21 heavy (non-hydrogen) atoms. The monoisotopic (exact) mass is 343 g/mol. The molecule has 0 radical (unpaired) electrons. The van der Waals surface area contributed by atoms with E-state index < -0.39 is 10.0 Å². The molecule has 2 aromatic rings. The quantitative estimate of drug-likeness (QED) is 0.764. The number of halogens is 1. The van der Waals surface area contributed by atoms with E-state index in [4.69, 9.17) is 11.6 Å². The topological polar surface area (TPSA) is 37.4 Å². The molecule has 0 saturated carbocycles. The van der Waals surface area contributed by atoms with Gasteiger partial charge in [-0.05, 0) is 42.5 Å². The van der Waals surface area contributed by atoms with Crippen molar-refractivity contribution in [2.24, 2.45) is 0 Å². The van der Waals surface area contributed by atoms with E-state index in [1.807, 2.05) is 30.5 Å². The summed E-state index contributed by atoms with van der Waals surface area (Å²) in [6, 6.07) is 8.99. The van der Waals surface area contributed by atoms with Gasteiger partial charge in [-0.3, -0.25) is 0 Å². The van der Waals surface area contributed by atoms with Crippen LogP contribution in [0.5, 0.6) is 0 Å². The van der Waals surface area contributed by atoms with E-state index in [1.54, 1.807) is 37.4 Å². The Morgan fingerprint density at radius 2 is 2.05 bits per heavy atom. The molecule has 1 aromatic heterocycles. The van der Waals surface area contributed by atoms with E-state index in [1.165, 1.54) is 4.31 Å². The summed E-state index contributed by atoms with van der Waals surface area (Å²) >= 11 is 7.37. The summed E-state index contributed by atoms with van der Waals surface area (Å²) in [6.07, 6.45) is 0. The average Bonchev–Trinajstić information content (AvgIpc) is 3.00. The number of hydrogen-bond donors (Lipinski definition) is 0. The average molecular weight is 344 g/mol. The molecule has 114 valence electrons. The Hall–Kier alpha value is -0.880. The number of benzene rings is 1. The lowest BCUT2D eigenvalue weighted by Crippen LogP contribution is -2.30. The molecule has 0 aliphatic rings. The standard InChI is InChI=1S/C15H18ClNO2S2/c1-11-6-7-13(10-16)9-15(11)21(18,19)17(3)12(2)14-5-4-8-20-14/h4-9,12H,10H2,1-3H3. The van der Waals surface area contributed by atoms with Crippen LogP contribution in [-0.2, 0) is 15.9 Å². The zero-order chi connectivity index (χ0) is 15.6. The molecule has 0 aliphatic carbocycles. The number of thiophene rings is 1. The second-order valence-electron chi connectivity index (χ2n) is 4.95. The molecule has 1 atom stereocenters. The first kappa shape index (κ1) is 16.5. The van der Waals surface area contributed by atoms with Crippen molar-refractivity contribution in [1.29, 1.82) is 0 Å². The molecular weight excluding hydrogens is 326 g/mol. The third-order valence-electron chi connectivity index (χ3n) is 3.56. The van der Waals surface area contributed by atoms with Crippen molar-refractivity contribution in [3.05, 3.63) is 51.7 Å². The number of aryl methyl sites for hydroxylation is 1. The van der Waals surface area contributed by atoms with Crippen LogP contribution in [0.15, 0.2) is 40.6 Å². The Morgan fingerprint density at radius 1 is 1.33 bits per heavy atom. The lowest BCUT2D eigenvalue weighted by molar-refractivity contribution is 0.402. The van der Waals surface area contributed by atoms with E-state index in [0.717, 1.165) is 16.0 Å². The second kappa shape index (κ2) is 6.48. The highest BCUT2D eigenvalue weighted by molar-refractivity contribution is 7.89. The zero-order valence-electron chi connectivity index (χ0n) is 12.2. The number of nitrogens with zero attached hydrogens (tertiary/aromatic N) is 1. The lowest BCUT2D eigenvalue weighted by Gasteiger charge is -2.24. The van der Waals surface area contributed by atoms with Gasteiger partial charge in [-0.25, -0.2) is 8.42 Å². The van der Waals surface area contributed by atoms with Crippen LogP contribution in [0, 0.1) is 6.92 Å². The number of sulfonamides is 1. The van der Waals surface area contributed by atoms with Gasteiger partial charge in [0.1, 0.15) is 0 Å². The molecule has 0 bridgehead atoms. The Bertz CT molecular complexity index is 711. The molecule has 1 aromatic carbocycles. The van der Waals surface area contributed by atoms with Crippen molar-refractivity contribution in [2.45, 2.75) is 30.7 Å². The molecule has 6 heteroatoms. The molecule has 2 rings (SSSR count). The highest BCUT2D eigenvalue weighted by atomic mass is 35.5. The largest absolute Gasteiger partial charge is 0.243 e. The van der Waals surface area contributed by atoms with Crippen molar-refractivity contribution >= 4 is 33.0 Å². The van der Waals surface area contributed by atoms with Gasteiger partial charge in [-0.15, -0.1) is 22.9 Å². The van der Waals surface area contributed by atoms with Crippen LogP contribution in [0.4, 0.5) is 0 Å². The van der Waals surface area contributed by atoms with E-state index in [9.17, 15) is 8.42 Å². The first-order valence-corrected chi connectivity index (χ1v) is 9.40. The lowest BCUT2D eigenvalue weighted by atomic mass is 10.2. The molecule has 0 N–H and O–H groups in total. The summed E-state index contributed by atoms with van der Waals surface area (Å²) in [5.41, 5.74) is 1.53. The van der Waals surface area contributed by atoms with E-state index >= 15 is 0 Å². The maximum atomic E-state index is 12.8. The molecule has 0 saturated heterocycles. The van der Waals surface area contributed by atoms with Gasteiger partial charge in [0.05, 0.1) is 10.9 Å². The van der Waals surface area contributed by atoms with Crippen LogP contribution in [0.2, 0.25) is 0 Å². The van der Waals surface area contributed by atoms with Crippen LogP contribution in [0.1, 0.15) is 29.0 Å². The Balaban J connectivity index is 2.42. The Morgan fingerprint density at radius 3 is 2.62 bits per heavy atom. The van der Waals surface area contributed by atoms with E-state index in [-0.39, 0.29) is 6.04 Å². The molecule has 1 heterocycles. The van der Waals surface area contributed by atoms with Crippen LogP contribution >= 0.6 is 22.9 Å². The number of alkyl halides is 1. The summed E-state index contributed by atoms with van der Waals surface area (Å²) in [7, 11) is -1.93. The first-order valence-electron chi connectivity index (χ1n) is 6.55. The summed E-state index contributed by atoms with van der Waals surface area (Å²) in [5, 5.41) is 1.95. The predicted molar refractivity (Wildman–Crippen MR) is 88.4 cm³/mol. The van der Waals surface area contributed by atoms with Gasteiger partial charge in [0, 0.05) is 17.8 Å². The molecule has 3 nitrogen and oxygen atoms in total. The minimum atomic E-state index is -3.55. The minimum absolute atomic E-state index is 0.200. The summed E-state index contributed by atoms with van der Waals surface area (Å²) in [6.45, 7) is 3.69. The third kappa shape index (κ3) is 3.31. The number of rotatable bonds is 5. The van der Waals surface area contributed by atoms with Gasteiger partial charge >= 0.3 is 0 Å². The fourth-order valence-electron chi connectivity index (χ4n) is 2.08. The maximum absolute atomic E-state index is 12.8. The van der Waals surface area contributed by atoms with Crippen molar-refractivity contribution in [3.8, 4) is 0 Å². The van der Waals surface area contributed by atoms with Crippen LogP contribution in [-0.4, -0.2) is 19.8 Å². The molecule has 0 fully saturated rings. The van der Waals surface area contributed by atoms with Gasteiger partial charge in [0.2, 0.25) is 10.0 Å². The van der Waals surface area contributed by atoms with Crippen molar-refractivity contribution in [2.75, 3.05) is 7.05 Å². The van der Waals surface area contributed by atoms with Gasteiger partial charge in [0.15, 0.2) is 0 Å². The maximum Gasteiger partial charge on any atom is 0.243 e. The van der Waals surface area contributed by atoms with E-state index in [0.29, 0.717) is 10.8 Å². The molecule has 1 unspecified atom stereocenters. The van der Waals surface area contributed by atoms with Gasteiger partial charge in [0.25, 0.3) is 0 Å². The van der Waals surface area contributed by atoms with Crippen molar-refractivity contribution < 1.29 is 8.42 Å². The zero-order valence-corrected chi connectivity index (χ0v) is 14.6. The van der Waals surface area contributed by atoms with Crippen LogP contribution in [0.3, 0.4) is 0 Å². The normalized spacial score (nSPS) is 13.6. The molecular formula is C15H18ClNO2S2. The van der Waals surface area contributed by atoms with Crippen LogP contribution in [0.25, 0.3) is 0 Å². The SMILES string of the molecule is Cc1ccc(CCl)cc1S(=O)(=O)N(C)C(C)c1cccs1. The number of hydrogen-bond acceptors (Lipinski definition) is 3. The summed E-state index contributed by atoms with van der Waals surface area (Å²) in [4.78, 5) is 1.35. The summed E-state index contributed by atoms with van der Waals surface area (Å²) in [5.74, 6) is 0.299. The Kier molecular flexibility index (Phi) is 5.09. The highest BCUT2D eigenvalue weighted by Crippen LogP contribution is 2.30. The molecule has 0 spiro atoms. The second-order valence-corrected chi connectivity index (χ2v) is 8.16. The Labute approximate surface area is 135 Å². The van der Waals surface area contributed by atoms with Crippen molar-refractivity contribution in [1.82, 2.24) is 4.31 Å². The van der Waals surface area contributed by atoms with Gasteiger partial charge in [-0.2, -0.15) is 4.31 Å². The summed E-state index contributed by atoms with van der Waals surface area (Å²) < 4.78 is 27.1. The third-order valence-corrected chi connectivity index (χ3v) is 6.99. The van der Waals surface area contributed by atoms with Gasteiger partial charge < -0.3 is 0 Å². The minimum Gasteiger partial charge on any atom is -0.207 e. The predicted octanol–water partition coefficient (Wildman–Crippen LogP) is 4.18. The van der Waals surface area contributed by atoms with Crippen molar-refractivity contribution in [3.63, 3.8) is 0 Å². The van der Waals surface area contributed by atoms with Crippen LogP contribution < -0.4 is 0 Å². The highest BCUT2D eigenvalue weighted by Gasteiger charge is 2.28. The molecule has 0 amide bonds.